The molecule has 32 heavy (non-hydrogen) atoms. The molecule has 0 saturated carbocycles. The number of carbonyl (C=O) groups excluding carboxylic acids is 2. The monoisotopic (exact) mass is 436 g/mol. The Morgan fingerprint density at radius 3 is 2.59 bits per heavy atom. The van der Waals surface area contributed by atoms with Gasteiger partial charge >= 0.3 is 0 Å². The van der Waals surface area contributed by atoms with E-state index in [1.807, 2.05) is 64.1 Å². The molecular formula is C24H28N4O4. The molecule has 2 amide bonds. The van der Waals surface area contributed by atoms with Gasteiger partial charge in [-0.15, -0.1) is 0 Å². The maximum atomic E-state index is 12.8. The van der Waals surface area contributed by atoms with Crippen molar-refractivity contribution in [2.75, 3.05) is 39.5 Å². The molecular weight excluding hydrogens is 408 g/mol. The van der Waals surface area contributed by atoms with Crippen LogP contribution in [0.4, 0.5) is 0 Å². The highest BCUT2D eigenvalue weighted by molar-refractivity contribution is 5.81. The van der Waals surface area contributed by atoms with E-state index < -0.39 is 0 Å². The first-order valence-electron chi connectivity index (χ1n) is 10.9. The van der Waals surface area contributed by atoms with Gasteiger partial charge in [0.1, 0.15) is 18.1 Å². The summed E-state index contributed by atoms with van der Waals surface area (Å²) < 4.78 is 12.8. The van der Waals surface area contributed by atoms with Gasteiger partial charge in [0.25, 0.3) is 5.91 Å². The number of rotatable bonds is 9. The average molecular weight is 437 g/mol. The maximum absolute atomic E-state index is 12.8. The smallest absolute Gasteiger partial charge is 0.257 e. The minimum Gasteiger partial charge on any atom is -0.484 e. The van der Waals surface area contributed by atoms with Gasteiger partial charge in [-0.3, -0.25) is 9.59 Å². The van der Waals surface area contributed by atoms with Crippen LogP contribution in [0.5, 0.6) is 5.75 Å². The number of ether oxygens (including phenoxy) is 2. The summed E-state index contributed by atoms with van der Waals surface area (Å²) in [6.45, 7) is 3.16. The van der Waals surface area contributed by atoms with Crippen molar-refractivity contribution in [2.24, 2.45) is 0 Å². The second-order valence-electron chi connectivity index (χ2n) is 7.65. The lowest BCUT2D eigenvalue weighted by Crippen LogP contribution is -2.42. The number of hydrogen-bond acceptors (Lipinski definition) is 5. The van der Waals surface area contributed by atoms with E-state index in [0.29, 0.717) is 51.4 Å². The molecule has 1 saturated heterocycles. The van der Waals surface area contributed by atoms with Gasteiger partial charge in [-0.2, -0.15) is 0 Å². The number of amides is 2. The summed E-state index contributed by atoms with van der Waals surface area (Å²) in [6.07, 6.45) is 1.37. The number of hydrogen-bond donors (Lipinski definition) is 1. The molecule has 2 aromatic carbocycles. The second-order valence-corrected chi connectivity index (χ2v) is 7.65. The molecule has 4 rings (SSSR count). The average Bonchev–Trinajstić information content (AvgIpc) is 3.19. The first-order valence-corrected chi connectivity index (χ1v) is 10.9. The molecule has 2 heterocycles. The third-order valence-corrected chi connectivity index (χ3v) is 5.40. The summed E-state index contributed by atoms with van der Waals surface area (Å²) in [6, 6.07) is 17.1. The van der Waals surface area contributed by atoms with Crippen molar-refractivity contribution in [2.45, 2.75) is 19.4 Å². The Bertz CT molecular complexity index is 1040. The molecule has 0 aliphatic carbocycles. The molecule has 1 aliphatic heterocycles. The fourth-order valence-electron chi connectivity index (χ4n) is 3.73. The zero-order valence-electron chi connectivity index (χ0n) is 18.0. The van der Waals surface area contributed by atoms with Crippen LogP contribution in [0.25, 0.3) is 11.0 Å². The van der Waals surface area contributed by atoms with Gasteiger partial charge in [0.15, 0.2) is 6.61 Å². The number of fused-ring (bicyclic) bond motifs is 1. The van der Waals surface area contributed by atoms with Crippen LogP contribution in [0.2, 0.25) is 0 Å². The zero-order valence-corrected chi connectivity index (χ0v) is 18.0. The minimum absolute atomic E-state index is 0.0173. The zero-order chi connectivity index (χ0) is 22.2. The van der Waals surface area contributed by atoms with Crippen molar-refractivity contribution >= 4 is 22.8 Å². The summed E-state index contributed by atoms with van der Waals surface area (Å²) in [4.78, 5) is 31.4. The molecule has 0 bridgehead atoms. The quantitative estimate of drug-likeness (QED) is 0.519. The van der Waals surface area contributed by atoms with E-state index in [1.165, 1.54) is 0 Å². The molecule has 0 unspecified atom stereocenters. The first kappa shape index (κ1) is 21.8. The molecule has 0 atom stereocenters. The van der Waals surface area contributed by atoms with Crippen molar-refractivity contribution in [3.8, 4) is 5.75 Å². The first-order chi connectivity index (χ1) is 15.7. The SMILES string of the molecule is O=C(COc1ccccc1)NCCCc1nc2ccccc2n1CC(=O)N1CCOCC1. The highest BCUT2D eigenvalue weighted by atomic mass is 16.5. The van der Waals surface area contributed by atoms with E-state index >= 15 is 0 Å². The number of imidazole rings is 1. The molecule has 0 radical (unpaired) electrons. The van der Waals surface area contributed by atoms with E-state index in [9.17, 15) is 9.59 Å². The van der Waals surface area contributed by atoms with E-state index in [4.69, 9.17) is 14.5 Å². The molecule has 1 aromatic heterocycles. The van der Waals surface area contributed by atoms with Gasteiger partial charge in [-0.1, -0.05) is 30.3 Å². The largest absolute Gasteiger partial charge is 0.484 e. The maximum Gasteiger partial charge on any atom is 0.257 e. The van der Waals surface area contributed by atoms with E-state index in [2.05, 4.69) is 5.32 Å². The van der Waals surface area contributed by atoms with Gasteiger partial charge < -0.3 is 24.3 Å². The van der Waals surface area contributed by atoms with Crippen LogP contribution >= 0.6 is 0 Å². The number of benzene rings is 2. The van der Waals surface area contributed by atoms with Crippen molar-refractivity contribution < 1.29 is 19.1 Å². The summed E-state index contributed by atoms with van der Waals surface area (Å²) in [5, 5.41) is 2.88. The predicted octanol–water partition coefficient (Wildman–Crippen LogP) is 2.02. The summed E-state index contributed by atoms with van der Waals surface area (Å²) in [5.74, 6) is 1.43. The number of aryl methyl sites for hydroxylation is 1. The Morgan fingerprint density at radius 1 is 1.03 bits per heavy atom. The van der Waals surface area contributed by atoms with Crippen LogP contribution in [-0.2, 0) is 27.3 Å². The lowest BCUT2D eigenvalue weighted by Gasteiger charge is -2.27. The van der Waals surface area contributed by atoms with Gasteiger partial charge in [0.2, 0.25) is 5.91 Å². The van der Waals surface area contributed by atoms with E-state index in [0.717, 1.165) is 16.9 Å². The number of aromatic nitrogens is 2. The fraction of sp³-hybridized carbons (Fsp3) is 0.375. The Kier molecular flexibility index (Phi) is 7.34. The van der Waals surface area contributed by atoms with Gasteiger partial charge in [-0.05, 0) is 30.7 Å². The fourth-order valence-corrected chi connectivity index (χ4v) is 3.73. The number of para-hydroxylation sites is 3. The van der Waals surface area contributed by atoms with Crippen LogP contribution in [0, 0.1) is 0 Å². The van der Waals surface area contributed by atoms with E-state index in [1.54, 1.807) is 0 Å². The number of morpholine rings is 1. The predicted molar refractivity (Wildman–Crippen MR) is 120 cm³/mol. The van der Waals surface area contributed by atoms with Crippen LogP contribution in [-0.4, -0.2) is 65.7 Å². The molecule has 8 heteroatoms. The summed E-state index contributed by atoms with van der Waals surface area (Å²) in [7, 11) is 0. The molecule has 1 aliphatic rings. The molecule has 1 N–H and O–H groups in total. The van der Waals surface area contributed by atoms with Gasteiger partial charge in [0, 0.05) is 26.1 Å². The summed E-state index contributed by atoms with van der Waals surface area (Å²) in [5.41, 5.74) is 1.82. The standard InChI is InChI=1S/C24H28N4O4/c29-23(18-32-19-7-2-1-3-8-19)25-12-6-11-22-26-20-9-4-5-10-21(20)28(22)17-24(30)27-13-15-31-16-14-27/h1-5,7-10H,6,11-18H2,(H,25,29). The molecule has 168 valence electrons. The summed E-state index contributed by atoms with van der Waals surface area (Å²) >= 11 is 0. The van der Waals surface area contributed by atoms with Crippen LogP contribution < -0.4 is 10.1 Å². The van der Waals surface area contributed by atoms with Crippen molar-refractivity contribution in [3.63, 3.8) is 0 Å². The Balaban J connectivity index is 1.31. The van der Waals surface area contributed by atoms with E-state index in [-0.39, 0.29) is 25.0 Å². The third kappa shape index (κ3) is 5.64. The Hall–Kier alpha value is -3.39. The Morgan fingerprint density at radius 2 is 1.78 bits per heavy atom. The lowest BCUT2D eigenvalue weighted by atomic mass is 10.3. The third-order valence-electron chi connectivity index (χ3n) is 5.40. The molecule has 0 spiro atoms. The Labute approximate surface area is 187 Å². The van der Waals surface area contributed by atoms with Crippen LogP contribution in [0.3, 0.4) is 0 Å². The number of nitrogens with one attached hydrogen (secondary N) is 1. The second kappa shape index (κ2) is 10.8. The van der Waals surface area contributed by atoms with Gasteiger partial charge in [0.05, 0.1) is 24.2 Å². The minimum atomic E-state index is -0.162. The molecule has 3 aromatic rings. The molecule has 1 fully saturated rings. The number of carbonyl (C=O) groups is 2. The van der Waals surface area contributed by atoms with Crippen molar-refractivity contribution in [1.29, 1.82) is 0 Å². The lowest BCUT2D eigenvalue weighted by molar-refractivity contribution is -0.135. The highest BCUT2D eigenvalue weighted by Crippen LogP contribution is 2.18. The number of nitrogens with zero attached hydrogens (tertiary/aromatic N) is 3. The van der Waals surface area contributed by atoms with Crippen LogP contribution in [0.1, 0.15) is 12.2 Å². The highest BCUT2D eigenvalue weighted by Gasteiger charge is 2.20. The topological polar surface area (TPSA) is 85.7 Å². The molecule has 8 nitrogen and oxygen atoms in total. The van der Waals surface area contributed by atoms with Crippen LogP contribution in [0.15, 0.2) is 54.6 Å². The van der Waals surface area contributed by atoms with Crippen molar-refractivity contribution in [1.82, 2.24) is 19.8 Å². The van der Waals surface area contributed by atoms with Crippen molar-refractivity contribution in [3.05, 3.63) is 60.4 Å². The van der Waals surface area contributed by atoms with Gasteiger partial charge in [-0.25, -0.2) is 4.98 Å². The normalized spacial score (nSPS) is 13.8.